The number of carbonyl (C=O) groups is 1. The van der Waals surface area contributed by atoms with Crippen LogP contribution in [0.2, 0.25) is 0 Å². The molecule has 0 amide bonds. The maximum Gasteiger partial charge on any atom is 0.318 e. The first kappa shape index (κ1) is 18.0. The van der Waals surface area contributed by atoms with Crippen molar-refractivity contribution >= 4 is 5.97 Å². The van der Waals surface area contributed by atoms with Gasteiger partial charge in [-0.05, 0) is 6.42 Å². The summed E-state index contributed by atoms with van der Waals surface area (Å²) in [6, 6.07) is 0. The van der Waals surface area contributed by atoms with E-state index in [1.165, 1.54) is 57.8 Å². The minimum absolute atomic E-state index is 0.585. The molecule has 0 heterocycles. The Hall–Kier alpha value is -0.970. The van der Waals surface area contributed by atoms with Crippen LogP contribution in [-0.2, 0) is 4.79 Å². The summed E-state index contributed by atoms with van der Waals surface area (Å²) in [5.41, 5.74) is 0. The number of terminal acetylenes is 1. The predicted octanol–water partition coefficient (Wildman–Crippen LogP) is 5.02. The third-order valence-electron chi connectivity index (χ3n) is 3.60. The van der Waals surface area contributed by atoms with Crippen molar-refractivity contribution in [3.05, 3.63) is 0 Å². The van der Waals surface area contributed by atoms with Crippen LogP contribution in [0, 0.1) is 18.3 Å². The molecule has 0 rings (SSSR count). The monoisotopic (exact) mass is 266 g/mol. The molecule has 0 aliphatic heterocycles. The van der Waals surface area contributed by atoms with Gasteiger partial charge in [0.2, 0.25) is 0 Å². The quantitative estimate of drug-likeness (QED) is 0.375. The van der Waals surface area contributed by atoms with Crippen LogP contribution in [0.1, 0.15) is 84.0 Å². The highest BCUT2D eigenvalue weighted by Crippen LogP contribution is 2.14. The maximum atomic E-state index is 10.7. The van der Waals surface area contributed by atoms with Crippen LogP contribution in [0.15, 0.2) is 0 Å². The van der Waals surface area contributed by atoms with E-state index in [0.717, 1.165) is 12.8 Å². The molecule has 0 aromatic heterocycles. The Morgan fingerprint density at radius 1 is 0.947 bits per heavy atom. The second-order valence-electron chi connectivity index (χ2n) is 5.38. The molecule has 0 saturated carbocycles. The van der Waals surface area contributed by atoms with E-state index in [9.17, 15) is 4.79 Å². The summed E-state index contributed by atoms with van der Waals surface area (Å²) in [4.78, 5) is 10.7. The summed E-state index contributed by atoms with van der Waals surface area (Å²) in [5, 5.41) is 8.79. The molecular formula is C17H30O2. The molecule has 1 N–H and O–H groups in total. The number of hydrogen-bond acceptors (Lipinski definition) is 1. The van der Waals surface area contributed by atoms with Gasteiger partial charge in [-0.25, -0.2) is 0 Å². The Labute approximate surface area is 119 Å². The molecule has 110 valence electrons. The van der Waals surface area contributed by atoms with E-state index in [0.29, 0.717) is 6.42 Å². The lowest BCUT2D eigenvalue weighted by atomic mass is 10.0. The third kappa shape index (κ3) is 11.8. The van der Waals surface area contributed by atoms with E-state index in [1.54, 1.807) is 0 Å². The van der Waals surface area contributed by atoms with Crippen LogP contribution in [-0.4, -0.2) is 11.1 Å². The Morgan fingerprint density at radius 3 is 1.74 bits per heavy atom. The fraction of sp³-hybridized carbons (Fsp3) is 0.824. The van der Waals surface area contributed by atoms with Gasteiger partial charge >= 0.3 is 5.97 Å². The molecule has 0 spiro atoms. The molecule has 1 atom stereocenters. The predicted molar refractivity (Wildman–Crippen MR) is 81.0 cm³/mol. The highest BCUT2D eigenvalue weighted by atomic mass is 16.4. The largest absolute Gasteiger partial charge is 0.480 e. The van der Waals surface area contributed by atoms with E-state index in [-0.39, 0.29) is 0 Å². The number of rotatable bonds is 13. The molecule has 0 aliphatic carbocycles. The molecule has 19 heavy (non-hydrogen) atoms. The zero-order valence-electron chi connectivity index (χ0n) is 12.5. The van der Waals surface area contributed by atoms with E-state index < -0.39 is 11.9 Å². The van der Waals surface area contributed by atoms with Crippen LogP contribution in [0.4, 0.5) is 0 Å². The van der Waals surface area contributed by atoms with Gasteiger partial charge in [-0.1, -0.05) is 83.5 Å². The van der Waals surface area contributed by atoms with Gasteiger partial charge in [0, 0.05) is 0 Å². The lowest BCUT2D eigenvalue weighted by Crippen LogP contribution is -2.10. The van der Waals surface area contributed by atoms with Gasteiger partial charge in [0.25, 0.3) is 0 Å². The molecule has 0 bridgehead atoms. The highest BCUT2D eigenvalue weighted by Gasteiger charge is 2.12. The second-order valence-corrected chi connectivity index (χ2v) is 5.38. The SMILES string of the molecule is C#CC(CCCCCCCCCCCCC)C(=O)O. The van der Waals surface area contributed by atoms with E-state index in [1.807, 2.05) is 0 Å². The van der Waals surface area contributed by atoms with Crippen molar-refractivity contribution in [1.29, 1.82) is 0 Å². The van der Waals surface area contributed by atoms with Crippen molar-refractivity contribution < 1.29 is 9.90 Å². The molecule has 2 heteroatoms. The van der Waals surface area contributed by atoms with Crippen LogP contribution in [0.25, 0.3) is 0 Å². The molecule has 0 radical (unpaired) electrons. The number of hydrogen-bond donors (Lipinski definition) is 1. The summed E-state index contributed by atoms with van der Waals surface area (Å²) in [6.45, 7) is 2.25. The Bertz CT molecular complexity index is 252. The fourth-order valence-electron chi connectivity index (χ4n) is 2.29. The number of carboxylic acid groups (broad SMARTS) is 1. The van der Waals surface area contributed by atoms with Crippen LogP contribution in [0.3, 0.4) is 0 Å². The standard InChI is InChI=1S/C17H30O2/c1-3-5-6-7-8-9-10-11-12-13-14-15-16(4-2)17(18)19/h2,16H,3,5-15H2,1H3,(H,18,19). The second kappa shape index (κ2) is 13.5. The first-order chi connectivity index (χ1) is 9.22. The summed E-state index contributed by atoms with van der Waals surface area (Å²) >= 11 is 0. The third-order valence-corrected chi connectivity index (χ3v) is 3.60. The maximum absolute atomic E-state index is 10.7. The van der Waals surface area contributed by atoms with Crippen molar-refractivity contribution in [2.24, 2.45) is 5.92 Å². The lowest BCUT2D eigenvalue weighted by molar-refractivity contribution is -0.139. The van der Waals surface area contributed by atoms with Crippen molar-refractivity contribution in [1.82, 2.24) is 0 Å². The van der Waals surface area contributed by atoms with Gasteiger partial charge < -0.3 is 5.11 Å². The molecular weight excluding hydrogens is 236 g/mol. The first-order valence-corrected chi connectivity index (χ1v) is 7.91. The number of unbranched alkanes of at least 4 members (excludes halogenated alkanes) is 10. The fourth-order valence-corrected chi connectivity index (χ4v) is 2.29. The minimum atomic E-state index is -0.852. The van der Waals surface area contributed by atoms with Gasteiger partial charge in [0.1, 0.15) is 5.92 Å². The summed E-state index contributed by atoms with van der Waals surface area (Å²) < 4.78 is 0. The van der Waals surface area contributed by atoms with Gasteiger partial charge in [0.05, 0.1) is 0 Å². The molecule has 0 aromatic carbocycles. The Kier molecular flexibility index (Phi) is 12.8. The van der Waals surface area contributed by atoms with Crippen molar-refractivity contribution in [2.75, 3.05) is 0 Å². The normalized spacial score (nSPS) is 12.0. The van der Waals surface area contributed by atoms with Gasteiger partial charge in [-0.3, -0.25) is 4.79 Å². The van der Waals surface area contributed by atoms with Crippen molar-refractivity contribution in [3.8, 4) is 12.3 Å². The molecule has 1 unspecified atom stereocenters. The highest BCUT2D eigenvalue weighted by molar-refractivity contribution is 5.73. The molecule has 0 fully saturated rings. The topological polar surface area (TPSA) is 37.3 Å². The summed E-state index contributed by atoms with van der Waals surface area (Å²) in [6.07, 6.45) is 19.9. The smallest absolute Gasteiger partial charge is 0.318 e. The van der Waals surface area contributed by atoms with Gasteiger partial charge in [0.15, 0.2) is 0 Å². The first-order valence-electron chi connectivity index (χ1n) is 7.91. The van der Waals surface area contributed by atoms with Crippen LogP contribution < -0.4 is 0 Å². The van der Waals surface area contributed by atoms with Crippen molar-refractivity contribution in [2.45, 2.75) is 84.0 Å². The summed E-state index contributed by atoms with van der Waals surface area (Å²) in [5.74, 6) is 0.901. The Balaban J connectivity index is 3.19. The Morgan fingerprint density at radius 2 is 1.37 bits per heavy atom. The average molecular weight is 266 g/mol. The number of aliphatic carboxylic acids is 1. The molecule has 0 aromatic rings. The van der Waals surface area contributed by atoms with Crippen molar-refractivity contribution in [3.63, 3.8) is 0 Å². The van der Waals surface area contributed by atoms with E-state index >= 15 is 0 Å². The minimum Gasteiger partial charge on any atom is -0.480 e. The lowest BCUT2D eigenvalue weighted by Gasteiger charge is -2.05. The van der Waals surface area contributed by atoms with Gasteiger partial charge in [-0.2, -0.15) is 0 Å². The molecule has 2 nitrogen and oxygen atoms in total. The van der Waals surface area contributed by atoms with E-state index in [4.69, 9.17) is 11.5 Å². The zero-order chi connectivity index (χ0) is 14.3. The zero-order valence-corrected chi connectivity index (χ0v) is 12.5. The number of carboxylic acids is 1. The summed E-state index contributed by atoms with van der Waals surface area (Å²) in [7, 11) is 0. The molecule has 0 saturated heterocycles. The molecule has 0 aliphatic rings. The van der Waals surface area contributed by atoms with Gasteiger partial charge in [-0.15, -0.1) is 6.42 Å². The van der Waals surface area contributed by atoms with E-state index in [2.05, 4.69) is 12.8 Å². The van der Waals surface area contributed by atoms with Crippen LogP contribution in [0.5, 0.6) is 0 Å². The average Bonchev–Trinajstić information content (AvgIpc) is 2.40. The van der Waals surface area contributed by atoms with Crippen LogP contribution >= 0.6 is 0 Å².